The van der Waals surface area contributed by atoms with E-state index >= 15 is 0 Å². The molecule has 0 aliphatic heterocycles. The smallest absolute Gasteiger partial charge is 0.0770 e. The van der Waals surface area contributed by atoms with Gasteiger partial charge in [-0.05, 0) is 35.8 Å². The van der Waals surface area contributed by atoms with E-state index in [4.69, 9.17) is 0 Å². The van der Waals surface area contributed by atoms with Crippen LogP contribution in [0.5, 0.6) is 0 Å². The lowest BCUT2D eigenvalue weighted by molar-refractivity contribution is 0.532. The van der Waals surface area contributed by atoms with E-state index in [1.165, 1.54) is 0 Å². The van der Waals surface area contributed by atoms with E-state index in [1.807, 2.05) is 23.1 Å². The molecule has 0 aromatic carbocycles. The number of rotatable bonds is 3. The Bertz CT molecular complexity index is 478. The molecule has 16 heavy (non-hydrogen) atoms. The van der Waals surface area contributed by atoms with Gasteiger partial charge in [0, 0.05) is 24.6 Å². The highest BCUT2D eigenvalue weighted by atomic mass is 79.9. The minimum absolute atomic E-state index is 0.372. The van der Waals surface area contributed by atoms with Crippen LogP contribution < -0.4 is 5.32 Å². The summed E-state index contributed by atoms with van der Waals surface area (Å²) in [4.78, 5) is 4.01. The Labute approximate surface area is 103 Å². The van der Waals surface area contributed by atoms with Crippen molar-refractivity contribution in [3.8, 4) is 0 Å². The summed E-state index contributed by atoms with van der Waals surface area (Å²) in [6.45, 7) is 4.19. The highest BCUT2D eigenvalue weighted by Gasteiger charge is 2.03. The molecule has 0 saturated carbocycles. The molecule has 5 heteroatoms. The first-order chi connectivity index (χ1) is 7.66. The number of anilines is 2. The second-order valence-electron chi connectivity index (χ2n) is 3.78. The fraction of sp³-hybridized carbons (Fsp3) is 0.273. The number of nitrogens with zero attached hydrogens (tertiary/aromatic N) is 3. The summed E-state index contributed by atoms with van der Waals surface area (Å²) in [6.07, 6.45) is 7.31. The zero-order valence-corrected chi connectivity index (χ0v) is 10.8. The molecule has 0 aliphatic carbocycles. The molecule has 0 radical (unpaired) electrons. The zero-order chi connectivity index (χ0) is 11.5. The third-order valence-electron chi connectivity index (χ3n) is 2.18. The van der Waals surface area contributed by atoms with Crippen LogP contribution in [0.4, 0.5) is 11.4 Å². The molecule has 0 aliphatic rings. The van der Waals surface area contributed by atoms with Gasteiger partial charge in [0.25, 0.3) is 0 Å². The molecule has 2 aromatic rings. The lowest BCUT2D eigenvalue weighted by Crippen LogP contribution is -2.00. The van der Waals surface area contributed by atoms with Gasteiger partial charge in [-0.15, -0.1) is 0 Å². The van der Waals surface area contributed by atoms with E-state index in [1.54, 1.807) is 12.4 Å². The summed E-state index contributed by atoms with van der Waals surface area (Å²) in [5.74, 6) is 0. The third-order valence-corrected chi connectivity index (χ3v) is 2.81. The van der Waals surface area contributed by atoms with Gasteiger partial charge in [-0.1, -0.05) is 0 Å². The van der Waals surface area contributed by atoms with Crippen molar-refractivity contribution in [1.82, 2.24) is 14.8 Å². The summed E-state index contributed by atoms with van der Waals surface area (Å²) in [7, 11) is 0. The van der Waals surface area contributed by atoms with Crippen molar-refractivity contribution in [2.45, 2.75) is 19.9 Å². The molecule has 4 nitrogen and oxygen atoms in total. The predicted octanol–water partition coefficient (Wildman–Crippen LogP) is 3.37. The minimum atomic E-state index is 0.372. The second-order valence-corrected chi connectivity index (χ2v) is 4.64. The summed E-state index contributed by atoms with van der Waals surface area (Å²) in [5, 5.41) is 7.54. The van der Waals surface area contributed by atoms with Crippen molar-refractivity contribution < 1.29 is 0 Å². The molecule has 0 bridgehead atoms. The number of hydrogen-bond acceptors (Lipinski definition) is 3. The van der Waals surface area contributed by atoms with Crippen LogP contribution in [0.25, 0.3) is 0 Å². The Morgan fingerprint density at radius 3 is 2.81 bits per heavy atom. The van der Waals surface area contributed by atoms with Gasteiger partial charge in [-0.3, -0.25) is 9.67 Å². The van der Waals surface area contributed by atoms with Gasteiger partial charge >= 0.3 is 0 Å². The maximum atomic E-state index is 4.26. The average Bonchev–Trinajstić information content (AvgIpc) is 2.70. The van der Waals surface area contributed by atoms with Crippen molar-refractivity contribution in [2.24, 2.45) is 0 Å². The first-order valence-corrected chi connectivity index (χ1v) is 5.87. The van der Waals surface area contributed by atoms with E-state index in [9.17, 15) is 0 Å². The SMILES string of the molecule is CC(C)n1cc(Nc2ccncc2Br)cn1. The number of hydrogen-bond donors (Lipinski definition) is 1. The number of pyridine rings is 1. The van der Waals surface area contributed by atoms with Gasteiger partial charge in [0.05, 0.1) is 22.0 Å². The molecule has 0 saturated heterocycles. The van der Waals surface area contributed by atoms with Crippen LogP contribution in [0, 0.1) is 0 Å². The third kappa shape index (κ3) is 2.41. The van der Waals surface area contributed by atoms with Crippen LogP contribution in [0.2, 0.25) is 0 Å². The first-order valence-electron chi connectivity index (χ1n) is 5.07. The summed E-state index contributed by atoms with van der Waals surface area (Å²) in [6, 6.07) is 2.29. The molecule has 2 aromatic heterocycles. The van der Waals surface area contributed by atoms with Crippen LogP contribution in [-0.2, 0) is 0 Å². The molecule has 0 amide bonds. The van der Waals surface area contributed by atoms with Gasteiger partial charge < -0.3 is 5.32 Å². The number of halogens is 1. The standard InChI is InChI=1S/C11H13BrN4/c1-8(2)16-7-9(5-14-16)15-11-3-4-13-6-10(11)12/h3-8H,1-2H3,(H,13,15). The largest absolute Gasteiger partial charge is 0.352 e. The van der Waals surface area contributed by atoms with E-state index in [0.717, 1.165) is 15.8 Å². The van der Waals surface area contributed by atoms with E-state index in [-0.39, 0.29) is 0 Å². The minimum Gasteiger partial charge on any atom is -0.352 e. The highest BCUT2D eigenvalue weighted by molar-refractivity contribution is 9.10. The monoisotopic (exact) mass is 280 g/mol. The fourth-order valence-electron chi connectivity index (χ4n) is 1.32. The van der Waals surface area contributed by atoms with Crippen LogP contribution in [0.1, 0.15) is 19.9 Å². The number of nitrogens with one attached hydrogen (secondary N) is 1. The summed E-state index contributed by atoms with van der Waals surface area (Å²) >= 11 is 3.44. The molecule has 2 heterocycles. The topological polar surface area (TPSA) is 42.7 Å². The van der Waals surface area contributed by atoms with Crippen LogP contribution in [0.3, 0.4) is 0 Å². The normalized spacial score (nSPS) is 10.8. The second kappa shape index (κ2) is 4.65. The van der Waals surface area contributed by atoms with E-state index in [0.29, 0.717) is 6.04 Å². The Morgan fingerprint density at radius 2 is 2.19 bits per heavy atom. The Hall–Kier alpha value is -1.36. The van der Waals surface area contributed by atoms with Crippen molar-refractivity contribution in [3.63, 3.8) is 0 Å². The highest BCUT2D eigenvalue weighted by Crippen LogP contribution is 2.24. The molecule has 0 spiro atoms. The molecular weight excluding hydrogens is 268 g/mol. The zero-order valence-electron chi connectivity index (χ0n) is 9.18. The fourth-order valence-corrected chi connectivity index (χ4v) is 1.67. The molecule has 84 valence electrons. The van der Waals surface area contributed by atoms with Crippen molar-refractivity contribution in [1.29, 1.82) is 0 Å². The Morgan fingerprint density at radius 1 is 1.38 bits per heavy atom. The lowest BCUT2D eigenvalue weighted by atomic mass is 10.4. The van der Waals surface area contributed by atoms with Crippen LogP contribution in [0.15, 0.2) is 35.3 Å². The Balaban J connectivity index is 2.18. The van der Waals surface area contributed by atoms with Crippen LogP contribution in [-0.4, -0.2) is 14.8 Å². The lowest BCUT2D eigenvalue weighted by Gasteiger charge is -2.05. The van der Waals surface area contributed by atoms with E-state index < -0.39 is 0 Å². The van der Waals surface area contributed by atoms with E-state index in [2.05, 4.69) is 45.2 Å². The van der Waals surface area contributed by atoms with Gasteiger partial charge in [0.1, 0.15) is 0 Å². The molecular formula is C11H13BrN4. The van der Waals surface area contributed by atoms with Gasteiger partial charge in [0.2, 0.25) is 0 Å². The summed E-state index contributed by atoms with van der Waals surface area (Å²) in [5.41, 5.74) is 1.96. The molecule has 0 atom stereocenters. The Kier molecular flexibility index (Phi) is 3.24. The average molecular weight is 281 g/mol. The summed E-state index contributed by atoms with van der Waals surface area (Å²) < 4.78 is 2.85. The first kappa shape index (κ1) is 11.1. The van der Waals surface area contributed by atoms with Gasteiger partial charge in [0.15, 0.2) is 0 Å². The molecule has 2 rings (SSSR count). The quantitative estimate of drug-likeness (QED) is 0.938. The maximum absolute atomic E-state index is 4.26. The van der Waals surface area contributed by atoms with Crippen molar-refractivity contribution in [3.05, 3.63) is 35.3 Å². The molecule has 0 fully saturated rings. The van der Waals surface area contributed by atoms with Crippen molar-refractivity contribution >= 4 is 27.3 Å². The van der Waals surface area contributed by atoms with Crippen LogP contribution >= 0.6 is 15.9 Å². The van der Waals surface area contributed by atoms with Gasteiger partial charge in [-0.2, -0.15) is 5.10 Å². The molecule has 1 N–H and O–H groups in total. The maximum Gasteiger partial charge on any atom is 0.0770 e. The van der Waals surface area contributed by atoms with Gasteiger partial charge in [-0.25, -0.2) is 0 Å². The number of aromatic nitrogens is 3. The molecule has 0 unspecified atom stereocenters. The predicted molar refractivity (Wildman–Crippen MR) is 67.8 cm³/mol. The van der Waals surface area contributed by atoms with Crippen molar-refractivity contribution in [2.75, 3.05) is 5.32 Å².